The average molecular weight is 313 g/mol. The smallest absolute Gasteiger partial charge is 0.306 e. The van der Waals surface area contributed by atoms with Crippen LogP contribution in [0.15, 0.2) is 18.2 Å². The lowest BCUT2D eigenvalue weighted by molar-refractivity contribution is -0.145. The molecule has 0 spiro atoms. The van der Waals surface area contributed by atoms with E-state index in [0.717, 1.165) is 25.7 Å². The van der Waals surface area contributed by atoms with E-state index in [1.54, 1.807) is 12.1 Å². The molecule has 1 aromatic rings. The SMILES string of the molecule is CCCC1CCC(C(=O)O)C(Cc2cccc(Cl)c2F)C1. The molecule has 0 heterocycles. The number of hydrogen-bond donors (Lipinski definition) is 1. The third kappa shape index (κ3) is 3.97. The minimum Gasteiger partial charge on any atom is -0.481 e. The van der Waals surface area contributed by atoms with E-state index in [4.69, 9.17) is 11.6 Å². The summed E-state index contributed by atoms with van der Waals surface area (Å²) < 4.78 is 14.1. The summed E-state index contributed by atoms with van der Waals surface area (Å²) in [7, 11) is 0. The van der Waals surface area contributed by atoms with Crippen molar-refractivity contribution >= 4 is 17.6 Å². The Bertz CT molecular complexity index is 504. The fourth-order valence-electron chi connectivity index (χ4n) is 3.57. The molecule has 0 amide bonds. The molecule has 1 N–H and O–H groups in total. The van der Waals surface area contributed by atoms with E-state index < -0.39 is 11.8 Å². The summed E-state index contributed by atoms with van der Waals surface area (Å²) in [5.74, 6) is -0.951. The summed E-state index contributed by atoms with van der Waals surface area (Å²) in [5, 5.41) is 9.52. The Labute approximate surface area is 130 Å². The largest absolute Gasteiger partial charge is 0.481 e. The zero-order valence-corrected chi connectivity index (χ0v) is 13.1. The maximum absolute atomic E-state index is 14.1. The van der Waals surface area contributed by atoms with Crippen LogP contribution in [-0.2, 0) is 11.2 Å². The molecule has 1 aliphatic rings. The van der Waals surface area contributed by atoms with Gasteiger partial charge in [0.2, 0.25) is 0 Å². The van der Waals surface area contributed by atoms with Gasteiger partial charge in [-0.25, -0.2) is 4.39 Å². The van der Waals surface area contributed by atoms with E-state index in [2.05, 4.69) is 6.92 Å². The van der Waals surface area contributed by atoms with Crippen molar-refractivity contribution in [2.75, 3.05) is 0 Å². The number of carbonyl (C=O) groups is 1. The van der Waals surface area contributed by atoms with Gasteiger partial charge < -0.3 is 5.11 Å². The van der Waals surface area contributed by atoms with E-state index in [0.29, 0.717) is 24.3 Å². The van der Waals surface area contributed by atoms with Gasteiger partial charge in [-0.2, -0.15) is 0 Å². The third-order valence-electron chi connectivity index (χ3n) is 4.62. The standard InChI is InChI=1S/C17H22ClFO2/c1-2-4-11-7-8-14(17(20)21)13(9-11)10-12-5-3-6-15(18)16(12)19/h3,5-6,11,13-14H,2,4,7-10H2,1H3,(H,20,21). The predicted molar refractivity (Wildman–Crippen MR) is 82.0 cm³/mol. The monoisotopic (exact) mass is 312 g/mol. The maximum Gasteiger partial charge on any atom is 0.306 e. The van der Waals surface area contributed by atoms with Gasteiger partial charge in [0, 0.05) is 0 Å². The Morgan fingerprint density at radius 2 is 2.19 bits per heavy atom. The molecule has 0 saturated heterocycles. The Kier molecular flexibility index (Phi) is 5.63. The molecular formula is C17H22ClFO2. The highest BCUT2D eigenvalue weighted by molar-refractivity contribution is 6.30. The molecule has 0 radical (unpaired) electrons. The number of benzene rings is 1. The quantitative estimate of drug-likeness (QED) is 0.836. The van der Waals surface area contributed by atoms with Crippen LogP contribution in [0.2, 0.25) is 5.02 Å². The second kappa shape index (κ2) is 7.26. The minimum atomic E-state index is -0.752. The highest BCUT2D eigenvalue weighted by Crippen LogP contribution is 2.38. The highest BCUT2D eigenvalue weighted by Gasteiger charge is 2.35. The molecule has 1 aromatic carbocycles. The normalized spacial score (nSPS) is 25.8. The highest BCUT2D eigenvalue weighted by atomic mass is 35.5. The average Bonchev–Trinajstić information content (AvgIpc) is 2.44. The van der Waals surface area contributed by atoms with Crippen LogP contribution in [0.5, 0.6) is 0 Å². The first-order chi connectivity index (χ1) is 10.0. The molecule has 0 aliphatic heterocycles. The van der Waals surface area contributed by atoms with E-state index >= 15 is 0 Å². The zero-order chi connectivity index (χ0) is 15.4. The Hall–Kier alpha value is -1.09. The van der Waals surface area contributed by atoms with Gasteiger partial charge >= 0.3 is 5.97 Å². The summed E-state index contributed by atoms with van der Waals surface area (Å²) in [5.41, 5.74) is 0.538. The van der Waals surface area contributed by atoms with Crippen LogP contribution in [0.3, 0.4) is 0 Å². The molecule has 4 heteroatoms. The van der Waals surface area contributed by atoms with Gasteiger partial charge in [0.15, 0.2) is 0 Å². The van der Waals surface area contributed by atoms with Gasteiger partial charge in [-0.05, 0) is 49.1 Å². The van der Waals surface area contributed by atoms with Crippen molar-refractivity contribution in [3.8, 4) is 0 Å². The molecule has 3 unspecified atom stereocenters. The van der Waals surface area contributed by atoms with Crippen molar-refractivity contribution in [2.45, 2.75) is 45.4 Å². The van der Waals surface area contributed by atoms with Crippen LogP contribution < -0.4 is 0 Å². The van der Waals surface area contributed by atoms with Crippen molar-refractivity contribution in [3.63, 3.8) is 0 Å². The van der Waals surface area contributed by atoms with E-state index in [1.165, 1.54) is 6.07 Å². The fraction of sp³-hybridized carbons (Fsp3) is 0.588. The van der Waals surface area contributed by atoms with Crippen LogP contribution in [0, 0.1) is 23.6 Å². The third-order valence-corrected chi connectivity index (χ3v) is 4.91. The summed E-state index contributed by atoms with van der Waals surface area (Å²) in [4.78, 5) is 11.5. The molecule has 2 rings (SSSR count). The van der Waals surface area contributed by atoms with Crippen molar-refractivity contribution < 1.29 is 14.3 Å². The van der Waals surface area contributed by atoms with Crippen molar-refractivity contribution in [2.24, 2.45) is 17.8 Å². The number of carboxylic acids is 1. The first-order valence-corrected chi connectivity index (χ1v) is 8.06. The number of aliphatic carboxylic acids is 1. The molecule has 116 valence electrons. The fourth-order valence-corrected chi connectivity index (χ4v) is 3.77. The molecule has 1 saturated carbocycles. The molecule has 0 bridgehead atoms. The predicted octanol–water partition coefficient (Wildman–Crippen LogP) is 4.94. The van der Waals surface area contributed by atoms with Gasteiger partial charge in [-0.3, -0.25) is 4.79 Å². The summed E-state index contributed by atoms with van der Waals surface area (Å²) in [6, 6.07) is 4.96. The summed E-state index contributed by atoms with van der Waals surface area (Å²) >= 11 is 5.82. The second-order valence-corrected chi connectivity index (χ2v) is 6.50. The van der Waals surface area contributed by atoms with Crippen LogP contribution in [0.25, 0.3) is 0 Å². The van der Waals surface area contributed by atoms with E-state index in [9.17, 15) is 14.3 Å². The molecule has 2 nitrogen and oxygen atoms in total. The Balaban J connectivity index is 2.15. The van der Waals surface area contributed by atoms with Crippen molar-refractivity contribution in [1.29, 1.82) is 0 Å². The molecule has 1 aliphatic carbocycles. The topological polar surface area (TPSA) is 37.3 Å². The first kappa shape index (κ1) is 16.3. The number of carboxylic acid groups (broad SMARTS) is 1. The lowest BCUT2D eigenvalue weighted by Gasteiger charge is -2.34. The first-order valence-electron chi connectivity index (χ1n) is 7.68. The molecule has 21 heavy (non-hydrogen) atoms. The van der Waals surface area contributed by atoms with Crippen molar-refractivity contribution in [3.05, 3.63) is 34.6 Å². The summed E-state index contributed by atoms with van der Waals surface area (Å²) in [6.07, 6.45) is 5.24. The molecular weight excluding hydrogens is 291 g/mol. The minimum absolute atomic E-state index is 0.000710. The maximum atomic E-state index is 14.1. The van der Waals surface area contributed by atoms with Crippen LogP contribution in [0.1, 0.15) is 44.6 Å². The molecule has 0 aromatic heterocycles. The van der Waals surface area contributed by atoms with Crippen LogP contribution in [0.4, 0.5) is 4.39 Å². The van der Waals surface area contributed by atoms with Crippen LogP contribution >= 0.6 is 11.6 Å². The van der Waals surface area contributed by atoms with Gasteiger partial charge in [0.05, 0.1) is 10.9 Å². The van der Waals surface area contributed by atoms with Crippen LogP contribution in [-0.4, -0.2) is 11.1 Å². The van der Waals surface area contributed by atoms with E-state index in [1.807, 2.05) is 0 Å². The molecule has 3 atom stereocenters. The molecule has 1 fully saturated rings. The van der Waals surface area contributed by atoms with Gasteiger partial charge in [-0.1, -0.05) is 43.5 Å². The van der Waals surface area contributed by atoms with Gasteiger partial charge in [0.25, 0.3) is 0 Å². The summed E-state index contributed by atoms with van der Waals surface area (Å²) in [6.45, 7) is 2.15. The van der Waals surface area contributed by atoms with Gasteiger partial charge in [0.1, 0.15) is 5.82 Å². The second-order valence-electron chi connectivity index (χ2n) is 6.09. The van der Waals surface area contributed by atoms with E-state index in [-0.39, 0.29) is 16.9 Å². The Morgan fingerprint density at radius 1 is 1.43 bits per heavy atom. The number of rotatable bonds is 5. The number of hydrogen-bond acceptors (Lipinski definition) is 1. The lowest BCUT2D eigenvalue weighted by atomic mass is 9.70. The van der Waals surface area contributed by atoms with Gasteiger partial charge in [-0.15, -0.1) is 0 Å². The number of halogens is 2. The Morgan fingerprint density at radius 3 is 2.86 bits per heavy atom. The lowest BCUT2D eigenvalue weighted by Crippen LogP contribution is -2.32. The zero-order valence-electron chi connectivity index (χ0n) is 12.3. The van der Waals surface area contributed by atoms with Crippen molar-refractivity contribution in [1.82, 2.24) is 0 Å².